The number of hydrogen-bond acceptors (Lipinski definition) is 3. The Morgan fingerprint density at radius 1 is 1.73 bits per heavy atom. The molecule has 58 valence electrons. The first-order valence-corrected chi connectivity index (χ1v) is 3.91. The average Bonchev–Trinajstić information content (AvgIpc) is 1.98. The van der Waals surface area contributed by atoms with E-state index in [1.54, 1.807) is 19.3 Å². The zero-order valence-corrected chi connectivity index (χ0v) is 7.64. The van der Waals surface area contributed by atoms with E-state index < -0.39 is 0 Å². The molecule has 11 heavy (non-hydrogen) atoms. The Bertz CT molecular complexity index is 263. The van der Waals surface area contributed by atoms with Crippen LogP contribution in [0.15, 0.2) is 27.4 Å². The molecule has 0 amide bonds. The average molecular weight is 214 g/mol. The molecule has 1 aliphatic heterocycles. The van der Waals surface area contributed by atoms with Crippen molar-refractivity contribution >= 4 is 27.9 Å². The van der Waals surface area contributed by atoms with Gasteiger partial charge in [-0.15, -0.1) is 0 Å². The van der Waals surface area contributed by atoms with Gasteiger partial charge in [0.2, 0.25) is 0 Å². The van der Waals surface area contributed by atoms with E-state index in [2.05, 4.69) is 26.2 Å². The quantitative estimate of drug-likeness (QED) is 0.637. The van der Waals surface area contributed by atoms with Crippen molar-refractivity contribution in [2.75, 3.05) is 7.05 Å². The SMILES string of the molecule is CN/C=C1/C=C(Br)N=CC1=N. The molecule has 2 N–H and O–H groups in total. The van der Waals surface area contributed by atoms with Crippen molar-refractivity contribution < 1.29 is 0 Å². The van der Waals surface area contributed by atoms with Gasteiger partial charge in [0.1, 0.15) is 4.61 Å². The van der Waals surface area contributed by atoms with Gasteiger partial charge in [0.25, 0.3) is 0 Å². The van der Waals surface area contributed by atoms with Crippen molar-refractivity contribution in [1.29, 1.82) is 5.41 Å². The Hall–Kier alpha value is -0.900. The van der Waals surface area contributed by atoms with Gasteiger partial charge >= 0.3 is 0 Å². The third kappa shape index (κ3) is 2.01. The van der Waals surface area contributed by atoms with Crippen LogP contribution in [-0.4, -0.2) is 19.0 Å². The summed E-state index contributed by atoms with van der Waals surface area (Å²) in [6, 6.07) is 0. The van der Waals surface area contributed by atoms with E-state index in [1.807, 2.05) is 0 Å². The second kappa shape index (κ2) is 3.48. The molecule has 1 aliphatic rings. The van der Waals surface area contributed by atoms with Gasteiger partial charge in [-0.1, -0.05) is 0 Å². The lowest BCUT2D eigenvalue weighted by molar-refractivity contribution is 1.09. The summed E-state index contributed by atoms with van der Waals surface area (Å²) in [6.45, 7) is 0. The number of aliphatic imine (C=N–C) groups is 1. The summed E-state index contributed by atoms with van der Waals surface area (Å²) in [5, 5.41) is 10.3. The van der Waals surface area contributed by atoms with E-state index in [0.717, 1.165) is 10.2 Å². The lowest BCUT2D eigenvalue weighted by atomic mass is 10.1. The smallest absolute Gasteiger partial charge is 0.106 e. The third-order valence-corrected chi connectivity index (χ3v) is 1.64. The summed E-state index contributed by atoms with van der Waals surface area (Å²) >= 11 is 3.22. The number of allylic oxidation sites excluding steroid dienone is 2. The first-order chi connectivity index (χ1) is 5.24. The lowest BCUT2D eigenvalue weighted by Crippen LogP contribution is -2.08. The van der Waals surface area contributed by atoms with Crippen molar-refractivity contribution in [2.45, 2.75) is 0 Å². The first-order valence-electron chi connectivity index (χ1n) is 3.11. The van der Waals surface area contributed by atoms with Crippen molar-refractivity contribution in [1.82, 2.24) is 5.32 Å². The van der Waals surface area contributed by atoms with E-state index in [4.69, 9.17) is 5.41 Å². The van der Waals surface area contributed by atoms with Gasteiger partial charge in [-0.3, -0.25) is 5.41 Å². The summed E-state index contributed by atoms with van der Waals surface area (Å²) in [5.41, 5.74) is 1.25. The highest BCUT2D eigenvalue weighted by molar-refractivity contribution is 9.11. The lowest BCUT2D eigenvalue weighted by Gasteiger charge is -2.04. The number of rotatable bonds is 1. The number of halogens is 1. The summed E-state index contributed by atoms with van der Waals surface area (Å²) in [5.74, 6) is 0. The maximum Gasteiger partial charge on any atom is 0.106 e. The van der Waals surface area contributed by atoms with E-state index in [1.165, 1.54) is 6.21 Å². The van der Waals surface area contributed by atoms with Gasteiger partial charge in [-0.2, -0.15) is 0 Å². The number of hydrogen-bond donors (Lipinski definition) is 2. The summed E-state index contributed by atoms with van der Waals surface area (Å²) in [7, 11) is 1.80. The maximum absolute atomic E-state index is 7.42. The maximum atomic E-state index is 7.42. The van der Waals surface area contributed by atoms with Crippen molar-refractivity contribution in [2.24, 2.45) is 4.99 Å². The monoisotopic (exact) mass is 213 g/mol. The normalized spacial score (nSPS) is 20.4. The van der Waals surface area contributed by atoms with Crippen molar-refractivity contribution in [3.8, 4) is 0 Å². The molecule has 1 rings (SSSR count). The topological polar surface area (TPSA) is 48.2 Å². The molecule has 4 heteroatoms. The largest absolute Gasteiger partial charge is 0.393 e. The Morgan fingerprint density at radius 2 is 2.45 bits per heavy atom. The minimum atomic E-state index is 0.419. The highest BCUT2D eigenvalue weighted by Crippen LogP contribution is 2.14. The molecule has 3 nitrogen and oxygen atoms in total. The standard InChI is InChI=1S/C7H8BrN3/c1-10-3-5-2-7(8)11-4-6(5)9/h2-4,9-10H,1H3/b5-3-,9-6?. The Labute approximate surface area is 73.5 Å². The van der Waals surface area contributed by atoms with Crippen LogP contribution in [0.1, 0.15) is 0 Å². The van der Waals surface area contributed by atoms with Crippen LogP contribution < -0.4 is 5.32 Å². The van der Waals surface area contributed by atoms with Crippen LogP contribution in [0.4, 0.5) is 0 Å². The molecule has 0 aromatic carbocycles. The predicted molar refractivity (Wildman–Crippen MR) is 50.4 cm³/mol. The Balaban J connectivity index is 2.90. The van der Waals surface area contributed by atoms with Crippen LogP contribution >= 0.6 is 15.9 Å². The van der Waals surface area contributed by atoms with Crippen LogP contribution in [0, 0.1) is 5.41 Å². The molecule has 0 fully saturated rings. The van der Waals surface area contributed by atoms with Crippen LogP contribution in [-0.2, 0) is 0 Å². The van der Waals surface area contributed by atoms with E-state index in [0.29, 0.717) is 5.71 Å². The van der Waals surface area contributed by atoms with Gasteiger partial charge in [-0.25, -0.2) is 4.99 Å². The van der Waals surface area contributed by atoms with Gasteiger partial charge in [-0.05, 0) is 22.0 Å². The van der Waals surface area contributed by atoms with Gasteiger partial charge in [0.15, 0.2) is 0 Å². The second-order valence-corrected chi connectivity index (χ2v) is 2.84. The molecule has 0 bridgehead atoms. The molecule has 0 atom stereocenters. The summed E-state index contributed by atoms with van der Waals surface area (Å²) < 4.78 is 0.745. The minimum Gasteiger partial charge on any atom is -0.393 e. The molecule has 0 spiro atoms. The van der Waals surface area contributed by atoms with Crippen LogP contribution in [0.5, 0.6) is 0 Å². The van der Waals surface area contributed by atoms with E-state index in [-0.39, 0.29) is 0 Å². The number of nitrogens with zero attached hydrogens (tertiary/aromatic N) is 1. The van der Waals surface area contributed by atoms with E-state index in [9.17, 15) is 0 Å². The summed E-state index contributed by atoms with van der Waals surface area (Å²) in [4.78, 5) is 3.90. The van der Waals surface area contributed by atoms with Gasteiger partial charge in [0, 0.05) is 18.8 Å². The Kier molecular flexibility index (Phi) is 2.59. The first kappa shape index (κ1) is 8.20. The predicted octanol–water partition coefficient (Wildman–Crippen LogP) is 1.43. The highest BCUT2D eigenvalue weighted by atomic mass is 79.9. The van der Waals surface area contributed by atoms with Gasteiger partial charge in [0.05, 0.1) is 11.9 Å². The molecule has 0 aromatic heterocycles. The molecule has 0 saturated heterocycles. The third-order valence-electron chi connectivity index (χ3n) is 1.20. The fourth-order valence-corrected chi connectivity index (χ4v) is 1.07. The minimum absolute atomic E-state index is 0.419. The molecule has 0 aromatic rings. The Morgan fingerprint density at radius 3 is 3.09 bits per heavy atom. The van der Waals surface area contributed by atoms with Gasteiger partial charge < -0.3 is 5.32 Å². The van der Waals surface area contributed by atoms with Crippen LogP contribution in [0.25, 0.3) is 0 Å². The van der Waals surface area contributed by atoms with Crippen LogP contribution in [0.2, 0.25) is 0 Å². The number of nitrogens with one attached hydrogen (secondary N) is 2. The molecular formula is C7H8BrN3. The highest BCUT2D eigenvalue weighted by Gasteiger charge is 2.04. The molecule has 1 heterocycles. The summed E-state index contributed by atoms with van der Waals surface area (Å²) in [6.07, 6.45) is 5.06. The van der Waals surface area contributed by atoms with Crippen LogP contribution in [0.3, 0.4) is 0 Å². The fraction of sp³-hybridized carbons (Fsp3) is 0.143. The molecule has 0 radical (unpaired) electrons. The van der Waals surface area contributed by atoms with Crippen molar-refractivity contribution in [3.63, 3.8) is 0 Å². The molecular weight excluding hydrogens is 206 g/mol. The van der Waals surface area contributed by atoms with E-state index >= 15 is 0 Å². The second-order valence-electron chi connectivity index (χ2n) is 2.03. The fourth-order valence-electron chi connectivity index (χ4n) is 0.719. The van der Waals surface area contributed by atoms with Crippen molar-refractivity contribution in [3.05, 3.63) is 22.5 Å². The zero-order chi connectivity index (χ0) is 8.27. The molecule has 0 unspecified atom stereocenters. The zero-order valence-electron chi connectivity index (χ0n) is 6.06. The molecule has 0 saturated carbocycles. The molecule has 0 aliphatic carbocycles.